The maximum Gasteiger partial charge on any atom is 0.302 e. The van der Waals surface area contributed by atoms with Crippen molar-refractivity contribution in [2.45, 2.75) is 21.3 Å². The molecular formula is C8H21Br2IO2. The van der Waals surface area contributed by atoms with Crippen LogP contribution in [0.3, 0.4) is 0 Å². The summed E-state index contributed by atoms with van der Waals surface area (Å²) in [7, 11) is 1.35. The summed E-state index contributed by atoms with van der Waals surface area (Å²) in [4.78, 5) is 11.6. The molecule has 0 aromatic rings. The number of ether oxygens (including phenoxy) is 1. The Morgan fingerprint density at radius 2 is 1.46 bits per heavy atom. The van der Waals surface area contributed by atoms with Gasteiger partial charge in [0, 0.05) is 12.3 Å². The lowest BCUT2D eigenvalue weighted by Gasteiger charge is -1.80. The molecule has 0 saturated carbocycles. The highest BCUT2D eigenvalue weighted by atomic mass is 127. The first kappa shape index (κ1) is 29.2. The number of carbonyl (C=O) groups is 1. The molecule has 0 fully saturated rings. The van der Waals surface area contributed by atoms with E-state index in [0.717, 1.165) is 5.33 Å². The molecule has 0 aromatic heterocycles. The van der Waals surface area contributed by atoms with Crippen LogP contribution in [0.25, 0.3) is 0 Å². The highest BCUT2D eigenvalue weighted by Gasteiger charge is 1.75. The second kappa shape index (κ2) is 51.3. The predicted molar refractivity (Wildman–Crippen MR) is 78.7 cm³/mol. The van der Waals surface area contributed by atoms with Gasteiger partial charge in [0.05, 0.1) is 7.11 Å². The molecule has 0 atom stereocenters. The van der Waals surface area contributed by atoms with E-state index in [0.29, 0.717) is 0 Å². The van der Waals surface area contributed by atoms with Crippen LogP contribution in [0.15, 0.2) is 0 Å². The Labute approximate surface area is 114 Å². The predicted octanol–water partition coefficient (Wildman–Crippen LogP) is 4.28. The van der Waals surface area contributed by atoms with E-state index in [1.807, 2.05) is 17.7 Å². The van der Waals surface area contributed by atoms with E-state index in [4.69, 9.17) is 0 Å². The third-order valence-corrected chi connectivity index (χ3v) is 0.287. The SMILES string of the molecule is C.CBr.CCBr.CI.COC(C)=O. The van der Waals surface area contributed by atoms with Crippen molar-refractivity contribution in [1.29, 1.82) is 0 Å². The highest BCUT2D eigenvalue weighted by Crippen LogP contribution is 1.67. The van der Waals surface area contributed by atoms with E-state index in [1.165, 1.54) is 14.0 Å². The summed E-state index contributed by atoms with van der Waals surface area (Å²) in [6, 6.07) is 0. The molecular weight excluding hydrogens is 415 g/mol. The standard InChI is InChI=1S/C3H6O2.C2H5Br.CH3Br.CH3I.CH4/c1-3(4)5-2;1-2-3;2*1-2;/h1-2H3;2H2,1H3;2*1H3;1H4. The number of halogens is 3. The first-order chi connectivity index (χ1) is 5.68. The maximum atomic E-state index is 9.59. The normalized spacial score (nSPS) is 4.92. The minimum absolute atomic E-state index is 0. The second-order valence-electron chi connectivity index (χ2n) is 0.963. The van der Waals surface area contributed by atoms with Crippen molar-refractivity contribution in [3.8, 4) is 0 Å². The van der Waals surface area contributed by atoms with Crippen LogP contribution in [-0.4, -0.2) is 29.2 Å². The van der Waals surface area contributed by atoms with Crippen LogP contribution in [0.1, 0.15) is 21.3 Å². The van der Waals surface area contributed by atoms with Crippen molar-refractivity contribution in [3.63, 3.8) is 0 Å². The summed E-state index contributed by atoms with van der Waals surface area (Å²) in [5.41, 5.74) is 0. The number of hydrogen-bond acceptors (Lipinski definition) is 2. The van der Waals surface area contributed by atoms with E-state index in [1.54, 1.807) is 0 Å². The van der Waals surface area contributed by atoms with Gasteiger partial charge in [-0.2, -0.15) is 0 Å². The second-order valence-corrected chi connectivity index (χ2v) is 2.08. The minimum Gasteiger partial charge on any atom is -0.469 e. The Hall–Kier alpha value is 1.16. The van der Waals surface area contributed by atoms with Gasteiger partial charge in [-0.25, -0.2) is 0 Å². The van der Waals surface area contributed by atoms with Gasteiger partial charge < -0.3 is 4.74 Å². The molecule has 0 bridgehead atoms. The lowest BCUT2D eigenvalue weighted by Crippen LogP contribution is -1.88. The molecule has 13 heavy (non-hydrogen) atoms. The van der Waals surface area contributed by atoms with Crippen LogP contribution < -0.4 is 0 Å². The minimum atomic E-state index is -0.245. The van der Waals surface area contributed by atoms with Crippen molar-refractivity contribution in [2.75, 3.05) is 23.2 Å². The van der Waals surface area contributed by atoms with E-state index in [2.05, 4.69) is 59.2 Å². The number of alkyl halides is 3. The lowest BCUT2D eigenvalue weighted by molar-refractivity contribution is -0.137. The molecule has 0 aliphatic heterocycles. The highest BCUT2D eigenvalue weighted by molar-refractivity contribution is 14.1. The molecule has 5 heteroatoms. The molecule has 0 amide bonds. The summed E-state index contributed by atoms with van der Waals surface area (Å²) < 4.78 is 4.11. The molecule has 0 N–H and O–H groups in total. The van der Waals surface area contributed by atoms with Gasteiger partial charge >= 0.3 is 5.97 Å². The number of methoxy groups -OCH3 is 1. The van der Waals surface area contributed by atoms with Gasteiger partial charge in [-0.05, 0) is 10.8 Å². The molecule has 0 rings (SSSR count). The zero-order valence-electron chi connectivity index (χ0n) is 8.16. The Bertz CT molecular complexity index is 64.1. The zero-order chi connectivity index (χ0) is 11.0. The van der Waals surface area contributed by atoms with Crippen LogP contribution in [0.4, 0.5) is 0 Å². The van der Waals surface area contributed by atoms with Gasteiger partial charge in [-0.3, -0.25) is 4.79 Å². The van der Waals surface area contributed by atoms with Crippen molar-refractivity contribution in [2.24, 2.45) is 0 Å². The monoisotopic (exact) mass is 434 g/mol. The van der Waals surface area contributed by atoms with Crippen molar-refractivity contribution in [1.82, 2.24) is 0 Å². The van der Waals surface area contributed by atoms with Gasteiger partial charge in [0.15, 0.2) is 0 Å². The molecule has 2 nitrogen and oxygen atoms in total. The van der Waals surface area contributed by atoms with Gasteiger partial charge in [-0.1, -0.05) is 68.8 Å². The molecule has 0 aliphatic carbocycles. The fourth-order valence-electron chi connectivity index (χ4n) is 0. The van der Waals surface area contributed by atoms with Crippen LogP contribution in [0.2, 0.25) is 0 Å². The van der Waals surface area contributed by atoms with Gasteiger partial charge in [-0.15, -0.1) is 0 Å². The number of esters is 1. The third-order valence-electron chi connectivity index (χ3n) is 0.287. The first-order valence-corrected chi connectivity index (χ1v) is 7.91. The Kier molecular flexibility index (Phi) is 115. The van der Waals surface area contributed by atoms with E-state index in [-0.39, 0.29) is 13.4 Å². The molecule has 0 unspecified atom stereocenters. The summed E-state index contributed by atoms with van der Waals surface area (Å²) >= 11 is 8.23. The fraction of sp³-hybridized carbons (Fsp3) is 0.875. The summed E-state index contributed by atoms with van der Waals surface area (Å²) in [6.45, 7) is 3.40. The molecule has 0 radical (unpaired) electrons. The summed E-state index contributed by atoms with van der Waals surface area (Å²) in [5.74, 6) is 1.57. The van der Waals surface area contributed by atoms with Crippen LogP contribution in [0, 0.1) is 0 Å². The topological polar surface area (TPSA) is 26.3 Å². The largest absolute Gasteiger partial charge is 0.469 e. The number of hydrogen-bond donors (Lipinski definition) is 0. The average molecular weight is 436 g/mol. The summed E-state index contributed by atoms with van der Waals surface area (Å²) in [5, 5.41) is 1.06. The van der Waals surface area contributed by atoms with Crippen molar-refractivity contribution < 1.29 is 9.53 Å². The quantitative estimate of drug-likeness (QED) is 0.322. The van der Waals surface area contributed by atoms with E-state index in [9.17, 15) is 4.79 Å². The maximum absolute atomic E-state index is 9.59. The average Bonchev–Trinajstić information content (AvgIpc) is 2.13. The third kappa shape index (κ3) is 164. The number of rotatable bonds is 0. The first-order valence-electron chi connectivity index (χ1n) is 3.05. The van der Waals surface area contributed by atoms with Crippen LogP contribution in [0.5, 0.6) is 0 Å². The fourth-order valence-corrected chi connectivity index (χ4v) is 0. The molecule has 0 aliphatic rings. The Balaban J connectivity index is -0.0000000235. The molecule has 0 heterocycles. The van der Waals surface area contributed by atoms with Crippen molar-refractivity contribution in [3.05, 3.63) is 0 Å². The van der Waals surface area contributed by atoms with E-state index >= 15 is 0 Å². The van der Waals surface area contributed by atoms with Gasteiger partial charge in [0.2, 0.25) is 0 Å². The summed E-state index contributed by atoms with van der Waals surface area (Å²) in [6.07, 6.45) is 0. The zero-order valence-corrected chi connectivity index (χ0v) is 13.5. The number of carbonyl (C=O) groups excluding carboxylic acids is 1. The molecule has 0 spiro atoms. The van der Waals surface area contributed by atoms with Gasteiger partial charge in [0.1, 0.15) is 0 Å². The smallest absolute Gasteiger partial charge is 0.302 e. The Morgan fingerprint density at radius 3 is 1.46 bits per heavy atom. The molecule has 0 saturated heterocycles. The lowest BCUT2D eigenvalue weighted by atomic mass is 10.8. The van der Waals surface area contributed by atoms with Crippen molar-refractivity contribution >= 4 is 60.4 Å². The Morgan fingerprint density at radius 1 is 1.38 bits per heavy atom. The molecule has 86 valence electrons. The van der Waals surface area contributed by atoms with Gasteiger partial charge in [0.25, 0.3) is 0 Å². The molecule has 0 aromatic carbocycles. The van der Waals surface area contributed by atoms with Crippen LogP contribution >= 0.6 is 54.5 Å². The van der Waals surface area contributed by atoms with Crippen LogP contribution in [-0.2, 0) is 9.53 Å². The van der Waals surface area contributed by atoms with E-state index < -0.39 is 0 Å².